The number of fused-ring (bicyclic) bond motifs is 1. The van der Waals surface area contributed by atoms with E-state index in [1.165, 1.54) is 6.08 Å². The molecule has 1 heterocycles. The molecule has 0 aromatic heterocycles. The van der Waals surface area contributed by atoms with E-state index in [1.54, 1.807) is 19.9 Å². The molecule has 0 bridgehead atoms. The van der Waals surface area contributed by atoms with E-state index >= 15 is 0 Å². The molecule has 1 aromatic carbocycles. The third-order valence-corrected chi connectivity index (χ3v) is 2.43. The second kappa shape index (κ2) is 3.48. The Bertz CT molecular complexity index is 486. The standard InChI is InChI=1S/C12H10F4O/c1-11(2)4-3-7-5-8(12(14,15)16)6-9(13)10(7)17-11/h3-6H,1-2H3. The van der Waals surface area contributed by atoms with Crippen molar-refractivity contribution in [1.82, 2.24) is 0 Å². The molecule has 1 aliphatic rings. The molecule has 0 N–H and O–H groups in total. The summed E-state index contributed by atoms with van der Waals surface area (Å²) in [6.07, 6.45) is -1.53. The molecule has 0 aliphatic carbocycles. The molecule has 0 radical (unpaired) electrons. The predicted molar refractivity (Wildman–Crippen MR) is 55.1 cm³/mol. The molecule has 1 nitrogen and oxygen atoms in total. The first-order valence-corrected chi connectivity index (χ1v) is 4.98. The first-order chi connectivity index (χ1) is 7.69. The Kier molecular flexibility index (Phi) is 2.45. The van der Waals surface area contributed by atoms with Crippen LogP contribution in [0.25, 0.3) is 6.08 Å². The highest BCUT2D eigenvalue weighted by molar-refractivity contribution is 5.62. The van der Waals surface area contributed by atoms with Gasteiger partial charge in [0.2, 0.25) is 0 Å². The summed E-state index contributed by atoms with van der Waals surface area (Å²) in [6, 6.07) is 1.33. The minimum atomic E-state index is -4.56. The van der Waals surface area contributed by atoms with Crippen molar-refractivity contribution < 1.29 is 22.3 Å². The first kappa shape index (κ1) is 12.0. The molecular weight excluding hydrogens is 236 g/mol. The Morgan fingerprint density at radius 1 is 1.18 bits per heavy atom. The van der Waals surface area contributed by atoms with Crippen molar-refractivity contribution >= 4 is 6.08 Å². The second-order valence-electron chi connectivity index (χ2n) is 4.41. The summed E-state index contributed by atoms with van der Waals surface area (Å²) >= 11 is 0. The fourth-order valence-corrected chi connectivity index (χ4v) is 1.60. The maximum absolute atomic E-state index is 13.5. The minimum absolute atomic E-state index is 0.108. The lowest BCUT2D eigenvalue weighted by atomic mass is 10.0. The average Bonchev–Trinajstić information content (AvgIpc) is 2.16. The summed E-state index contributed by atoms with van der Waals surface area (Å²) in [5.74, 6) is -1.13. The molecule has 92 valence electrons. The van der Waals surface area contributed by atoms with Crippen LogP contribution in [0.2, 0.25) is 0 Å². The number of halogens is 4. The van der Waals surface area contributed by atoms with Crippen molar-refractivity contribution in [1.29, 1.82) is 0 Å². The van der Waals surface area contributed by atoms with Crippen LogP contribution >= 0.6 is 0 Å². The Morgan fingerprint density at radius 3 is 2.41 bits per heavy atom. The Hall–Kier alpha value is -1.52. The number of rotatable bonds is 0. The molecule has 0 spiro atoms. The van der Waals surface area contributed by atoms with Gasteiger partial charge in [0, 0.05) is 5.56 Å². The van der Waals surface area contributed by atoms with Crippen molar-refractivity contribution in [2.75, 3.05) is 0 Å². The second-order valence-corrected chi connectivity index (χ2v) is 4.41. The lowest BCUT2D eigenvalue weighted by Crippen LogP contribution is -2.28. The zero-order valence-corrected chi connectivity index (χ0v) is 9.23. The van der Waals surface area contributed by atoms with Gasteiger partial charge in [-0.1, -0.05) is 6.08 Å². The van der Waals surface area contributed by atoms with Crippen LogP contribution in [-0.2, 0) is 6.18 Å². The third-order valence-electron chi connectivity index (χ3n) is 2.43. The number of ether oxygens (including phenoxy) is 1. The van der Waals surface area contributed by atoms with E-state index in [0.717, 1.165) is 6.07 Å². The van der Waals surface area contributed by atoms with Gasteiger partial charge < -0.3 is 4.74 Å². The summed E-state index contributed by atoms with van der Waals surface area (Å²) < 4.78 is 56.2. The topological polar surface area (TPSA) is 9.23 Å². The number of hydrogen-bond donors (Lipinski definition) is 0. The quantitative estimate of drug-likeness (QED) is 0.628. The average molecular weight is 246 g/mol. The van der Waals surface area contributed by atoms with Crippen molar-refractivity contribution in [2.24, 2.45) is 0 Å². The van der Waals surface area contributed by atoms with E-state index in [4.69, 9.17) is 4.74 Å². The molecule has 0 unspecified atom stereocenters. The number of alkyl halides is 3. The molecule has 0 saturated heterocycles. The summed E-state index contributed by atoms with van der Waals surface area (Å²) in [5.41, 5.74) is -1.62. The van der Waals surface area contributed by atoms with Gasteiger partial charge in [-0.25, -0.2) is 4.39 Å². The Balaban J connectivity index is 2.54. The summed E-state index contributed by atoms with van der Waals surface area (Å²) in [4.78, 5) is 0. The van der Waals surface area contributed by atoms with Gasteiger partial charge in [-0.3, -0.25) is 0 Å². The van der Waals surface area contributed by atoms with Crippen LogP contribution in [0.1, 0.15) is 25.0 Å². The molecule has 5 heteroatoms. The largest absolute Gasteiger partial charge is 0.480 e. The van der Waals surface area contributed by atoms with E-state index in [0.29, 0.717) is 6.07 Å². The summed E-state index contributed by atoms with van der Waals surface area (Å²) in [6.45, 7) is 3.40. The fourth-order valence-electron chi connectivity index (χ4n) is 1.60. The van der Waals surface area contributed by atoms with Gasteiger partial charge in [0.1, 0.15) is 5.60 Å². The summed E-state index contributed by atoms with van der Waals surface area (Å²) in [7, 11) is 0. The lowest BCUT2D eigenvalue weighted by Gasteiger charge is -2.28. The number of hydrogen-bond acceptors (Lipinski definition) is 1. The molecule has 2 rings (SSSR count). The maximum Gasteiger partial charge on any atom is 0.416 e. The highest BCUT2D eigenvalue weighted by atomic mass is 19.4. The minimum Gasteiger partial charge on any atom is -0.480 e. The third kappa shape index (κ3) is 2.28. The zero-order valence-electron chi connectivity index (χ0n) is 9.23. The molecule has 0 atom stereocenters. The first-order valence-electron chi connectivity index (χ1n) is 4.98. The van der Waals surface area contributed by atoms with Gasteiger partial charge in [-0.15, -0.1) is 0 Å². The predicted octanol–water partition coefficient (Wildman–Crippen LogP) is 4.03. The van der Waals surface area contributed by atoms with Gasteiger partial charge in [-0.05, 0) is 32.1 Å². The molecule has 0 fully saturated rings. The van der Waals surface area contributed by atoms with Crippen LogP contribution in [0.4, 0.5) is 17.6 Å². The Morgan fingerprint density at radius 2 is 1.82 bits per heavy atom. The van der Waals surface area contributed by atoms with E-state index < -0.39 is 23.2 Å². The summed E-state index contributed by atoms with van der Waals surface area (Å²) in [5, 5.41) is 0. The Labute approximate surface area is 95.7 Å². The van der Waals surface area contributed by atoms with E-state index in [-0.39, 0.29) is 11.3 Å². The van der Waals surface area contributed by atoms with Crippen LogP contribution < -0.4 is 4.74 Å². The smallest absolute Gasteiger partial charge is 0.416 e. The molecule has 1 aliphatic heterocycles. The van der Waals surface area contributed by atoms with Crippen molar-refractivity contribution in [3.8, 4) is 5.75 Å². The van der Waals surface area contributed by atoms with Gasteiger partial charge in [0.25, 0.3) is 0 Å². The maximum atomic E-state index is 13.5. The van der Waals surface area contributed by atoms with Crippen LogP contribution in [0.5, 0.6) is 5.75 Å². The highest BCUT2D eigenvalue weighted by Crippen LogP contribution is 2.38. The van der Waals surface area contributed by atoms with Gasteiger partial charge >= 0.3 is 6.18 Å². The van der Waals surface area contributed by atoms with E-state index in [1.807, 2.05) is 0 Å². The van der Waals surface area contributed by atoms with E-state index in [2.05, 4.69) is 0 Å². The molecule has 0 amide bonds. The normalized spacial score (nSPS) is 17.5. The van der Waals surface area contributed by atoms with Crippen LogP contribution in [0, 0.1) is 5.82 Å². The van der Waals surface area contributed by atoms with E-state index in [9.17, 15) is 17.6 Å². The van der Waals surface area contributed by atoms with Crippen LogP contribution in [0.15, 0.2) is 18.2 Å². The van der Waals surface area contributed by atoms with Gasteiger partial charge in [0.05, 0.1) is 5.56 Å². The SMILES string of the molecule is CC1(C)C=Cc2cc(C(F)(F)F)cc(F)c2O1. The number of benzene rings is 1. The van der Waals surface area contributed by atoms with Gasteiger partial charge in [-0.2, -0.15) is 13.2 Å². The van der Waals surface area contributed by atoms with Crippen LogP contribution in [-0.4, -0.2) is 5.60 Å². The molecule has 0 saturated carbocycles. The van der Waals surface area contributed by atoms with Gasteiger partial charge in [0.15, 0.2) is 11.6 Å². The lowest BCUT2D eigenvalue weighted by molar-refractivity contribution is -0.137. The zero-order chi connectivity index (χ0) is 12.8. The monoisotopic (exact) mass is 246 g/mol. The molecule has 17 heavy (non-hydrogen) atoms. The molecular formula is C12H10F4O. The van der Waals surface area contributed by atoms with Crippen LogP contribution in [0.3, 0.4) is 0 Å². The molecule has 1 aromatic rings. The van der Waals surface area contributed by atoms with Crippen molar-refractivity contribution in [3.63, 3.8) is 0 Å². The van der Waals surface area contributed by atoms with Crippen molar-refractivity contribution in [2.45, 2.75) is 25.6 Å². The highest BCUT2D eigenvalue weighted by Gasteiger charge is 2.34. The van der Waals surface area contributed by atoms with Crippen molar-refractivity contribution in [3.05, 3.63) is 35.2 Å². The fraction of sp³-hybridized carbons (Fsp3) is 0.333.